The van der Waals surface area contributed by atoms with Crippen LogP contribution in [0.2, 0.25) is 0 Å². The number of nitrogens with zero attached hydrogens (tertiary/aromatic N) is 3. The fourth-order valence-electron chi connectivity index (χ4n) is 2.22. The smallest absolute Gasteiger partial charge is 0.0492 e. The molecule has 19 heavy (non-hydrogen) atoms. The van der Waals surface area contributed by atoms with Gasteiger partial charge in [0.25, 0.3) is 0 Å². The molecule has 0 aliphatic carbocycles. The number of likely N-dealkylation sites (N-methyl/N-ethyl adjacent to an activating group) is 1. The second kappa shape index (κ2) is 6.38. The number of aryl methyl sites for hydroxylation is 1. The largest absolute Gasteiger partial charge is 0.399 e. The van der Waals surface area contributed by atoms with E-state index in [9.17, 15) is 0 Å². The average molecular weight is 258 g/mol. The molecule has 4 heteroatoms. The number of benzene rings is 1. The van der Waals surface area contributed by atoms with E-state index in [-0.39, 0.29) is 0 Å². The van der Waals surface area contributed by atoms with Crippen LogP contribution in [0.3, 0.4) is 0 Å². The summed E-state index contributed by atoms with van der Waals surface area (Å²) < 4.78 is 1.94. The minimum atomic E-state index is 0.834. The van der Waals surface area contributed by atoms with E-state index in [1.165, 1.54) is 11.3 Å². The lowest BCUT2D eigenvalue weighted by Gasteiger charge is -2.20. The van der Waals surface area contributed by atoms with Gasteiger partial charge in [-0.3, -0.25) is 9.58 Å². The molecule has 0 aliphatic heterocycles. The standard InChI is InChI=1S/C15H22N4/c1-3-19(10-8-15-7-9-17-18(15)2)12-13-5-4-6-14(16)11-13/h4-7,9,11H,3,8,10,12,16H2,1-2H3. The molecule has 0 unspecified atom stereocenters. The summed E-state index contributed by atoms with van der Waals surface area (Å²) in [5, 5.41) is 4.20. The summed E-state index contributed by atoms with van der Waals surface area (Å²) in [4.78, 5) is 2.42. The van der Waals surface area contributed by atoms with Gasteiger partial charge in [-0.1, -0.05) is 19.1 Å². The van der Waals surface area contributed by atoms with Gasteiger partial charge in [0, 0.05) is 44.1 Å². The van der Waals surface area contributed by atoms with Crippen molar-refractivity contribution in [2.75, 3.05) is 18.8 Å². The minimum Gasteiger partial charge on any atom is -0.399 e. The first-order valence-electron chi connectivity index (χ1n) is 6.72. The maximum atomic E-state index is 5.82. The molecule has 0 radical (unpaired) electrons. The highest BCUT2D eigenvalue weighted by Gasteiger charge is 2.06. The number of anilines is 1. The van der Waals surface area contributed by atoms with Gasteiger partial charge in [0.2, 0.25) is 0 Å². The fourth-order valence-corrected chi connectivity index (χ4v) is 2.22. The molecule has 0 atom stereocenters. The molecule has 1 aromatic carbocycles. The van der Waals surface area contributed by atoms with Crippen LogP contribution < -0.4 is 5.73 Å². The van der Waals surface area contributed by atoms with Crippen LogP contribution in [0.25, 0.3) is 0 Å². The molecule has 1 heterocycles. The first kappa shape index (κ1) is 13.6. The van der Waals surface area contributed by atoms with E-state index in [0.29, 0.717) is 0 Å². The zero-order valence-corrected chi connectivity index (χ0v) is 11.7. The lowest BCUT2D eigenvalue weighted by molar-refractivity contribution is 0.281. The topological polar surface area (TPSA) is 47.1 Å². The van der Waals surface area contributed by atoms with Gasteiger partial charge in [0.05, 0.1) is 0 Å². The third kappa shape index (κ3) is 3.83. The third-order valence-electron chi connectivity index (χ3n) is 3.41. The summed E-state index contributed by atoms with van der Waals surface area (Å²) in [6.07, 6.45) is 2.87. The molecule has 4 nitrogen and oxygen atoms in total. The maximum Gasteiger partial charge on any atom is 0.0492 e. The predicted molar refractivity (Wildman–Crippen MR) is 78.7 cm³/mol. The number of hydrogen-bond acceptors (Lipinski definition) is 3. The summed E-state index contributed by atoms with van der Waals surface area (Å²) in [7, 11) is 1.99. The zero-order valence-electron chi connectivity index (χ0n) is 11.7. The van der Waals surface area contributed by atoms with Crippen molar-refractivity contribution in [2.45, 2.75) is 19.9 Å². The van der Waals surface area contributed by atoms with E-state index in [1.807, 2.05) is 36.1 Å². The zero-order chi connectivity index (χ0) is 13.7. The number of rotatable bonds is 6. The van der Waals surface area contributed by atoms with Crippen molar-refractivity contribution >= 4 is 5.69 Å². The molecule has 0 amide bonds. The first-order chi connectivity index (χ1) is 9.19. The van der Waals surface area contributed by atoms with Gasteiger partial charge < -0.3 is 5.73 Å². The van der Waals surface area contributed by atoms with Crippen molar-refractivity contribution in [1.29, 1.82) is 0 Å². The Kier molecular flexibility index (Phi) is 4.58. The normalized spacial score (nSPS) is 11.1. The Hall–Kier alpha value is -1.81. The van der Waals surface area contributed by atoms with Crippen LogP contribution >= 0.6 is 0 Å². The minimum absolute atomic E-state index is 0.834. The van der Waals surface area contributed by atoms with Crippen molar-refractivity contribution in [3.05, 3.63) is 47.8 Å². The van der Waals surface area contributed by atoms with Crippen molar-refractivity contribution < 1.29 is 0 Å². The molecule has 1 aromatic heterocycles. The monoisotopic (exact) mass is 258 g/mol. The Morgan fingerprint density at radius 2 is 2.16 bits per heavy atom. The van der Waals surface area contributed by atoms with E-state index in [1.54, 1.807) is 0 Å². The van der Waals surface area contributed by atoms with E-state index in [4.69, 9.17) is 5.73 Å². The van der Waals surface area contributed by atoms with E-state index in [0.717, 1.165) is 31.7 Å². The Labute approximate surface area is 114 Å². The lowest BCUT2D eigenvalue weighted by Crippen LogP contribution is -2.26. The van der Waals surface area contributed by atoms with E-state index >= 15 is 0 Å². The van der Waals surface area contributed by atoms with E-state index < -0.39 is 0 Å². The summed E-state index contributed by atoms with van der Waals surface area (Å²) in [6.45, 7) is 5.20. The van der Waals surface area contributed by atoms with Crippen LogP contribution in [0.4, 0.5) is 5.69 Å². The van der Waals surface area contributed by atoms with Gasteiger partial charge in [0.1, 0.15) is 0 Å². The molecular weight excluding hydrogens is 236 g/mol. The molecule has 2 rings (SSSR count). The molecule has 0 fully saturated rings. The molecule has 102 valence electrons. The maximum absolute atomic E-state index is 5.82. The Bertz CT molecular complexity index is 518. The molecule has 0 spiro atoms. The lowest BCUT2D eigenvalue weighted by atomic mass is 10.2. The molecule has 0 aliphatic rings. The van der Waals surface area contributed by atoms with Crippen LogP contribution in [0, 0.1) is 0 Å². The molecule has 0 saturated heterocycles. The SMILES string of the molecule is CCN(CCc1ccnn1C)Cc1cccc(N)c1. The predicted octanol–water partition coefficient (Wildman–Crippen LogP) is 2.07. The number of nitrogen functional groups attached to an aromatic ring is 1. The second-order valence-corrected chi connectivity index (χ2v) is 4.81. The molecular formula is C15H22N4. The molecule has 0 saturated carbocycles. The van der Waals surface area contributed by atoms with Gasteiger partial charge in [-0.2, -0.15) is 5.10 Å². The van der Waals surface area contributed by atoms with Crippen molar-refractivity contribution in [3.8, 4) is 0 Å². The van der Waals surface area contributed by atoms with E-state index in [2.05, 4.69) is 29.1 Å². The van der Waals surface area contributed by atoms with Crippen molar-refractivity contribution in [2.24, 2.45) is 7.05 Å². The Balaban J connectivity index is 1.92. The summed E-state index contributed by atoms with van der Waals surface area (Å²) >= 11 is 0. The van der Waals surface area contributed by atoms with Gasteiger partial charge >= 0.3 is 0 Å². The summed E-state index contributed by atoms with van der Waals surface area (Å²) in [6, 6.07) is 10.2. The summed E-state index contributed by atoms with van der Waals surface area (Å²) in [5.41, 5.74) is 9.19. The van der Waals surface area contributed by atoms with Crippen molar-refractivity contribution in [3.63, 3.8) is 0 Å². The van der Waals surface area contributed by atoms with Crippen molar-refractivity contribution in [1.82, 2.24) is 14.7 Å². The second-order valence-electron chi connectivity index (χ2n) is 4.81. The number of nitrogens with two attached hydrogens (primary N) is 1. The van der Waals surface area contributed by atoms with Gasteiger partial charge in [-0.25, -0.2) is 0 Å². The quantitative estimate of drug-likeness (QED) is 0.807. The van der Waals surface area contributed by atoms with Gasteiger partial charge in [-0.15, -0.1) is 0 Å². The van der Waals surface area contributed by atoms with Gasteiger partial charge in [-0.05, 0) is 30.3 Å². The van der Waals surface area contributed by atoms with Gasteiger partial charge in [0.15, 0.2) is 0 Å². The van der Waals surface area contributed by atoms with Crippen LogP contribution in [-0.4, -0.2) is 27.8 Å². The molecule has 0 bridgehead atoms. The van der Waals surface area contributed by atoms with Crippen LogP contribution in [0.15, 0.2) is 36.5 Å². The molecule has 2 N–H and O–H groups in total. The van der Waals surface area contributed by atoms with Crippen LogP contribution in [0.5, 0.6) is 0 Å². The number of hydrogen-bond donors (Lipinski definition) is 1. The Morgan fingerprint density at radius 3 is 2.79 bits per heavy atom. The number of aromatic nitrogens is 2. The Morgan fingerprint density at radius 1 is 1.32 bits per heavy atom. The summed E-state index contributed by atoms with van der Waals surface area (Å²) in [5.74, 6) is 0. The van der Waals surface area contributed by atoms with Crippen LogP contribution in [0.1, 0.15) is 18.2 Å². The first-order valence-corrected chi connectivity index (χ1v) is 6.72. The average Bonchev–Trinajstić information content (AvgIpc) is 2.80. The van der Waals surface area contributed by atoms with Crippen LogP contribution in [-0.2, 0) is 20.0 Å². The highest BCUT2D eigenvalue weighted by atomic mass is 15.3. The highest BCUT2D eigenvalue weighted by molar-refractivity contribution is 5.40. The third-order valence-corrected chi connectivity index (χ3v) is 3.41. The molecule has 2 aromatic rings. The highest BCUT2D eigenvalue weighted by Crippen LogP contribution is 2.10. The fraction of sp³-hybridized carbons (Fsp3) is 0.400.